The maximum Gasteiger partial charge on any atom is 0.274 e. The Labute approximate surface area is 170 Å². The van der Waals surface area contributed by atoms with Gasteiger partial charge in [0.2, 0.25) is 0 Å². The van der Waals surface area contributed by atoms with Crippen molar-refractivity contribution in [3.8, 4) is 11.5 Å². The van der Waals surface area contributed by atoms with Gasteiger partial charge in [-0.1, -0.05) is 30.3 Å². The van der Waals surface area contributed by atoms with Crippen molar-refractivity contribution in [1.29, 1.82) is 0 Å². The van der Waals surface area contributed by atoms with Crippen molar-refractivity contribution in [1.82, 2.24) is 14.9 Å². The molecule has 0 atom stereocenters. The van der Waals surface area contributed by atoms with Gasteiger partial charge < -0.3 is 19.7 Å². The Balaban J connectivity index is 1.69. The van der Waals surface area contributed by atoms with Crippen LogP contribution >= 0.6 is 0 Å². The van der Waals surface area contributed by atoms with E-state index in [4.69, 9.17) is 9.47 Å². The molecule has 7 nitrogen and oxygen atoms in total. The van der Waals surface area contributed by atoms with E-state index in [1.54, 1.807) is 37.4 Å². The number of aromatic nitrogens is 2. The van der Waals surface area contributed by atoms with Gasteiger partial charge in [0.15, 0.2) is 11.5 Å². The van der Waals surface area contributed by atoms with E-state index in [1.165, 1.54) is 6.20 Å². The molecule has 3 aromatic rings. The number of amides is 1. The number of carbonyl (C=O) groups excluding carboxylic acids is 1. The first-order valence-corrected chi connectivity index (χ1v) is 9.29. The van der Waals surface area contributed by atoms with Gasteiger partial charge in [-0.15, -0.1) is 0 Å². The van der Waals surface area contributed by atoms with Crippen LogP contribution in [0, 0.1) is 0 Å². The van der Waals surface area contributed by atoms with Crippen LogP contribution in [0.3, 0.4) is 0 Å². The van der Waals surface area contributed by atoms with E-state index in [-0.39, 0.29) is 5.91 Å². The van der Waals surface area contributed by atoms with E-state index in [2.05, 4.69) is 15.3 Å². The zero-order valence-electron chi connectivity index (χ0n) is 16.8. The molecule has 0 unspecified atom stereocenters. The molecule has 0 saturated heterocycles. The summed E-state index contributed by atoms with van der Waals surface area (Å²) in [5.74, 6) is 1.63. The van der Waals surface area contributed by atoms with E-state index in [9.17, 15) is 4.79 Å². The molecule has 1 aromatic heterocycles. The molecule has 1 heterocycles. The van der Waals surface area contributed by atoms with Gasteiger partial charge in [0.1, 0.15) is 11.5 Å². The van der Waals surface area contributed by atoms with Gasteiger partial charge >= 0.3 is 0 Å². The van der Waals surface area contributed by atoms with Crippen LogP contribution in [0.1, 0.15) is 23.0 Å². The minimum absolute atomic E-state index is 0.151. The standard InChI is InChI=1S/C22H24N4O3/c1-4-26(15-16-8-6-5-7-9-16)22(27)18-13-24-21(14-23-18)25-17-10-11-19(28-2)20(12-17)29-3/h5-14H,4,15H2,1-3H3,(H,24,25). The summed E-state index contributed by atoms with van der Waals surface area (Å²) < 4.78 is 10.5. The number of nitrogens with zero attached hydrogens (tertiary/aromatic N) is 3. The molecule has 0 fully saturated rings. The lowest BCUT2D eigenvalue weighted by Gasteiger charge is -2.20. The van der Waals surface area contributed by atoms with Crippen molar-refractivity contribution in [3.63, 3.8) is 0 Å². The minimum Gasteiger partial charge on any atom is -0.493 e. The zero-order chi connectivity index (χ0) is 20.6. The van der Waals surface area contributed by atoms with Gasteiger partial charge in [0.25, 0.3) is 5.91 Å². The molecule has 0 aliphatic rings. The summed E-state index contributed by atoms with van der Waals surface area (Å²) in [5, 5.41) is 3.15. The Kier molecular flexibility index (Phi) is 6.63. The molecular formula is C22H24N4O3. The monoisotopic (exact) mass is 392 g/mol. The summed E-state index contributed by atoms with van der Waals surface area (Å²) in [5.41, 5.74) is 2.15. The average Bonchev–Trinajstić information content (AvgIpc) is 2.78. The fourth-order valence-electron chi connectivity index (χ4n) is 2.86. The number of rotatable bonds is 8. The van der Waals surface area contributed by atoms with Gasteiger partial charge in [0.05, 0.1) is 26.6 Å². The Bertz CT molecular complexity index is 946. The molecular weight excluding hydrogens is 368 g/mol. The Morgan fingerprint density at radius 2 is 1.76 bits per heavy atom. The number of anilines is 2. The molecule has 2 aromatic carbocycles. The topological polar surface area (TPSA) is 76.6 Å². The fourth-order valence-corrected chi connectivity index (χ4v) is 2.86. The van der Waals surface area contributed by atoms with Crippen LogP contribution in [-0.4, -0.2) is 41.5 Å². The molecule has 1 amide bonds. The molecule has 1 N–H and O–H groups in total. The van der Waals surface area contributed by atoms with Crippen LogP contribution in [0.5, 0.6) is 11.5 Å². The quantitative estimate of drug-likeness (QED) is 0.627. The molecule has 29 heavy (non-hydrogen) atoms. The van der Waals surface area contributed by atoms with Crippen molar-refractivity contribution >= 4 is 17.4 Å². The van der Waals surface area contributed by atoms with E-state index in [0.29, 0.717) is 36.1 Å². The van der Waals surface area contributed by atoms with Crippen LogP contribution in [-0.2, 0) is 6.54 Å². The number of ether oxygens (including phenoxy) is 2. The molecule has 0 radical (unpaired) electrons. The Hall–Kier alpha value is -3.61. The number of hydrogen-bond donors (Lipinski definition) is 1. The van der Waals surface area contributed by atoms with Gasteiger partial charge in [0, 0.05) is 24.8 Å². The first kappa shape index (κ1) is 20.1. The van der Waals surface area contributed by atoms with Crippen molar-refractivity contribution in [2.45, 2.75) is 13.5 Å². The van der Waals surface area contributed by atoms with Gasteiger partial charge in [-0.2, -0.15) is 0 Å². The molecule has 0 spiro atoms. The average molecular weight is 392 g/mol. The fraction of sp³-hybridized carbons (Fsp3) is 0.227. The SMILES string of the molecule is CCN(Cc1ccccc1)C(=O)c1cnc(Nc2ccc(OC)c(OC)c2)cn1. The van der Waals surface area contributed by atoms with E-state index in [1.807, 2.05) is 43.3 Å². The molecule has 0 saturated carbocycles. The van der Waals surface area contributed by atoms with Crippen molar-refractivity contribution < 1.29 is 14.3 Å². The normalized spacial score (nSPS) is 10.3. The van der Waals surface area contributed by atoms with E-state index < -0.39 is 0 Å². The van der Waals surface area contributed by atoms with Crippen LogP contribution in [0.2, 0.25) is 0 Å². The lowest BCUT2D eigenvalue weighted by Crippen LogP contribution is -2.31. The van der Waals surface area contributed by atoms with Crippen molar-refractivity contribution in [2.75, 3.05) is 26.1 Å². The third-order valence-corrected chi connectivity index (χ3v) is 4.41. The number of carbonyl (C=O) groups is 1. The van der Waals surface area contributed by atoms with Gasteiger partial charge in [-0.3, -0.25) is 4.79 Å². The first-order chi connectivity index (χ1) is 14.1. The van der Waals surface area contributed by atoms with Crippen LogP contribution in [0.15, 0.2) is 60.9 Å². The lowest BCUT2D eigenvalue weighted by atomic mass is 10.2. The van der Waals surface area contributed by atoms with E-state index >= 15 is 0 Å². The number of hydrogen-bond acceptors (Lipinski definition) is 6. The third-order valence-electron chi connectivity index (χ3n) is 4.41. The smallest absolute Gasteiger partial charge is 0.274 e. The third kappa shape index (κ3) is 5.01. The summed E-state index contributed by atoms with van der Waals surface area (Å²) in [6.07, 6.45) is 3.03. The summed E-state index contributed by atoms with van der Waals surface area (Å²) in [6, 6.07) is 15.3. The predicted octanol–water partition coefficient (Wildman–Crippen LogP) is 3.90. The summed E-state index contributed by atoms with van der Waals surface area (Å²) >= 11 is 0. The maximum atomic E-state index is 12.8. The summed E-state index contributed by atoms with van der Waals surface area (Å²) in [4.78, 5) is 23.1. The van der Waals surface area contributed by atoms with E-state index in [0.717, 1.165) is 11.3 Å². The Morgan fingerprint density at radius 1 is 1.00 bits per heavy atom. The molecule has 0 aliphatic carbocycles. The number of benzene rings is 2. The van der Waals surface area contributed by atoms with Gasteiger partial charge in [-0.05, 0) is 24.6 Å². The highest BCUT2D eigenvalue weighted by molar-refractivity contribution is 5.92. The predicted molar refractivity (Wildman–Crippen MR) is 112 cm³/mol. The van der Waals surface area contributed by atoms with Crippen LogP contribution in [0.4, 0.5) is 11.5 Å². The molecule has 3 rings (SSSR count). The lowest BCUT2D eigenvalue weighted by molar-refractivity contribution is 0.0746. The highest BCUT2D eigenvalue weighted by Crippen LogP contribution is 2.30. The number of methoxy groups -OCH3 is 2. The summed E-state index contributed by atoms with van der Waals surface area (Å²) in [6.45, 7) is 3.06. The molecule has 150 valence electrons. The largest absolute Gasteiger partial charge is 0.493 e. The number of nitrogens with one attached hydrogen (secondary N) is 1. The molecule has 0 bridgehead atoms. The van der Waals surface area contributed by atoms with Crippen molar-refractivity contribution in [3.05, 3.63) is 72.2 Å². The highest BCUT2D eigenvalue weighted by atomic mass is 16.5. The summed E-state index contributed by atoms with van der Waals surface area (Å²) in [7, 11) is 3.17. The second kappa shape index (κ2) is 9.54. The van der Waals surface area contributed by atoms with Crippen molar-refractivity contribution in [2.24, 2.45) is 0 Å². The second-order valence-electron chi connectivity index (χ2n) is 6.29. The van der Waals surface area contributed by atoms with Crippen LogP contribution in [0.25, 0.3) is 0 Å². The molecule has 0 aliphatic heterocycles. The Morgan fingerprint density at radius 3 is 2.38 bits per heavy atom. The van der Waals surface area contributed by atoms with Crippen LogP contribution < -0.4 is 14.8 Å². The van der Waals surface area contributed by atoms with Gasteiger partial charge in [-0.25, -0.2) is 9.97 Å². The minimum atomic E-state index is -0.151. The highest BCUT2D eigenvalue weighted by Gasteiger charge is 2.16. The first-order valence-electron chi connectivity index (χ1n) is 9.29. The molecule has 7 heteroatoms. The maximum absolute atomic E-state index is 12.8. The second-order valence-corrected chi connectivity index (χ2v) is 6.29. The zero-order valence-corrected chi connectivity index (χ0v) is 16.8.